The molecule has 1 aromatic carbocycles. The fourth-order valence-electron chi connectivity index (χ4n) is 1.75. The lowest BCUT2D eigenvalue weighted by Gasteiger charge is -2.12. The second-order valence-corrected chi connectivity index (χ2v) is 4.09. The Balaban J connectivity index is 1.93. The van der Waals surface area contributed by atoms with Crippen molar-refractivity contribution in [1.82, 2.24) is 9.55 Å². The van der Waals surface area contributed by atoms with Gasteiger partial charge in [-0.15, -0.1) is 0 Å². The number of primary amides is 1. The zero-order chi connectivity index (χ0) is 13.7. The van der Waals surface area contributed by atoms with Crippen LogP contribution in [0.4, 0.5) is 5.69 Å². The van der Waals surface area contributed by atoms with Gasteiger partial charge in [0, 0.05) is 18.9 Å². The highest BCUT2D eigenvalue weighted by Gasteiger charge is 2.11. The Bertz CT molecular complexity index is 552. The first kappa shape index (κ1) is 12.9. The molecule has 1 amide bonds. The minimum Gasteiger partial charge on any atom is -0.491 e. The Morgan fingerprint density at radius 1 is 1.42 bits per heavy atom. The molecule has 6 nitrogen and oxygen atoms in total. The summed E-state index contributed by atoms with van der Waals surface area (Å²) >= 11 is 0. The monoisotopic (exact) mass is 260 g/mol. The van der Waals surface area contributed by atoms with Crippen molar-refractivity contribution in [2.75, 3.05) is 12.3 Å². The molecule has 0 aliphatic carbocycles. The number of anilines is 1. The predicted molar refractivity (Wildman–Crippen MR) is 71.7 cm³/mol. The number of aryl methyl sites for hydroxylation is 1. The van der Waals surface area contributed by atoms with Crippen molar-refractivity contribution in [3.8, 4) is 5.75 Å². The van der Waals surface area contributed by atoms with E-state index in [1.807, 2.05) is 10.8 Å². The standard InChI is InChI=1S/C13H16N4O2/c14-11-4-1-3-10(13(15)18)12(11)19-8-2-6-17-7-5-16-9-17/h1,3-5,7,9H,2,6,8,14H2,(H2,15,18). The summed E-state index contributed by atoms with van der Waals surface area (Å²) in [5.41, 5.74) is 11.8. The van der Waals surface area contributed by atoms with Gasteiger partial charge in [-0.3, -0.25) is 4.79 Å². The smallest absolute Gasteiger partial charge is 0.252 e. The van der Waals surface area contributed by atoms with Crippen molar-refractivity contribution >= 4 is 11.6 Å². The van der Waals surface area contributed by atoms with Crippen molar-refractivity contribution in [1.29, 1.82) is 0 Å². The summed E-state index contributed by atoms with van der Waals surface area (Å²) in [7, 11) is 0. The second kappa shape index (κ2) is 5.90. The highest BCUT2D eigenvalue weighted by molar-refractivity contribution is 5.97. The average molecular weight is 260 g/mol. The van der Waals surface area contributed by atoms with E-state index in [1.54, 1.807) is 30.7 Å². The number of amides is 1. The first-order valence-corrected chi connectivity index (χ1v) is 5.95. The molecule has 0 atom stereocenters. The van der Waals surface area contributed by atoms with E-state index in [2.05, 4.69) is 4.98 Å². The van der Waals surface area contributed by atoms with Gasteiger partial charge in [-0.1, -0.05) is 6.07 Å². The van der Waals surface area contributed by atoms with Crippen molar-refractivity contribution in [2.45, 2.75) is 13.0 Å². The summed E-state index contributed by atoms with van der Waals surface area (Å²) in [4.78, 5) is 15.2. The number of para-hydroxylation sites is 1. The largest absolute Gasteiger partial charge is 0.491 e. The average Bonchev–Trinajstić information content (AvgIpc) is 2.88. The third kappa shape index (κ3) is 3.25. The van der Waals surface area contributed by atoms with Gasteiger partial charge in [0.25, 0.3) is 5.91 Å². The van der Waals surface area contributed by atoms with Gasteiger partial charge in [0.15, 0.2) is 5.75 Å². The number of rotatable bonds is 6. The van der Waals surface area contributed by atoms with Gasteiger partial charge in [-0.25, -0.2) is 4.98 Å². The lowest BCUT2D eigenvalue weighted by molar-refractivity contribution is 0.0996. The zero-order valence-corrected chi connectivity index (χ0v) is 10.5. The number of carbonyl (C=O) groups is 1. The number of aromatic nitrogens is 2. The maximum Gasteiger partial charge on any atom is 0.252 e. The maximum absolute atomic E-state index is 11.3. The van der Waals surface area contributed by atoms with Crippen LogP contribution in [0.5, 0.6) is 5.75 Å². The van der Waals surface area contributed by atoms with Crippen LogP contribution in [0.1, 0.15) is 16.8 Å². The molecule has 1 heterocycles. The van der Waals surface area contributed by atoms with E-state index in [-0.39, 0.29) is 0 Å². The number of nitrogens with zero attached hydrogens (tertiary/aromatic N) is 2. The fourth-order valence-corrected chi connectivity index (χ4v) is 1.75. The molecule has 0 spiro atoms. The molecule has 0 aliphatic rings. The van der Waals surface area contributed by atoms with Gasteiger partial charge in [-0.2, -0.15) is 0 Å². The Morgan fingerprint density at radius 2 is 2.26 bits per heavy atom. The van der Waals surface area contributed by atoms with Gasteiger partial charge >= 0.3 is 0 Å². The molecular formula is C13H16N4O2. The Morgan fingerprint density at radius 3 is 2.95 bits per heavy atom. The third-order valence-electron chi connectivity index (χ3n) is 2.68. The predicted octanol–water partition coefficient (Wildman–Crippen LogP) is 1.03. The van der Waals surface area contributed by atoms with Crippen LogP contribution in [0.2, 0.25) is 0 Å². The Hall–Kier alpha value is -2.50. The molecule has 100 valence electrons. The minimum absolute atomic E-state index is 0.308. The lowest BCUT2D eigenvalue weighted by Crippen LogP contribution is -2.15. The van der Waals surface area contributed by atoms with E-state index in [0.29, 0.717) is 23.6 Å². The van der Waals surface area contributed by atoms with E-state index in [4.69, 9.17) is 16.2 Å². The molecular weight excluding hydrogens is 244 g/mol. The van der Waals surface area contributed by atoms with Crippen LogP contribution in [0.25, 0.3) is 0 Å². The number of nitrogen functional groups attached to an aromatic ring is 1. The van der Waals surface area contributed by atoms with Gasteiger partial charge in [0.2, 0.25) is 0 Å². The summed E-state index contributed by atoms with van der Waals surface area (Å²) in [6.45, 7) is 1.24. The number of hydrogen-bond acceptors (Lipinski definition) is 4. The van der Waals surface area contributed by atoms with Crippen LogP contribution in [0.3, 0.4) is 0 Å². The molecule has 2 rings (SSSR count). The summed E-state index contributed by atoms with van der Waals surface area (Å²) in [6, 6.07) is 4.95. The molecule has 0 fully saturated rings. The second-order valence-electron chi connectivity index (χ2n) is 4.09. The molecule has 4 N–H and O–H groups in total. The minimum atomic E-state index is -0.545. The Labute approximate surface area is 111 Å². The van der Waals surface area contributed by atoms with Crippen molar-refractivity contribution in [3.63, 3.8) is 0 Å². The topological polar surface area (TPSA) is 96.2 Å². The SMILES string of the molecule is NC(=O)c1cccc(N)c1OCCCn1ccnc1. The van der Waals surface area contributed by atoms with Crippen molar-refractivity contribution < 1.29 is 9.53 Å². The summed E-state index contributed by atoms with van der Waals surface area (Å²) in [6.07, 6.45) is 6.13. The highest BCUT2D eigenvalue weighted by atomic mass is 16.5. The first-order valence-electron chi connectivity index (χ1n) is 5.95. The van der Waals surface area contributed by atoms with Gasteiger partial charge in [0.05, 0.1) is 24.2 Å². The normalized spacial score (nSPS) is 10.3. The first-order chi connectivity index (χ1) is 9.18. The number of hydrogen-bond donors (Lipinski definition) is 2. The van der Waals surface area contributed by atoms with Gasteiger partial charge in [-0.05, 0) is 18.6 Å². The van der Waals surface area contributed by atoms with Crippen LogP contribution in [0.15, 0.2) is 36.9 Å². The Kier molecular flexibility index (Phi) is 4.02. The molecule has 0 saturated heterocycles. The van der Waals surface area contributed by atoms with Gasteiger partial charge in [0.1, 0.15) is 0 Å². The molecule has 6 heteroatoms. The summed E-state index contributed by atoms with van der Waals surface area (Å²) in [5, 5.41) is 0. The molecule has 1 aromatic heterocycles. The number of ether oxygens (including phenoxy) is 1. The quantitative estimate of drug-likeness (QED) is 0.599. The lowest BCUT2D eigenvalue weighted by atomic mass is 10.1. The molecule has 0 bridgehead atoms. The van der Waals surface area contributed by atoms with E-state index in [0.717, 1.165) is 13.0 Å². The van der Waals surface area contributed by atoms with Crippen LogP contribution in [0, 0.1) is 0 Å². The summed E-state index contributed by atoms with van der Waals surface area (Å²) in [5.74, 6) is -0.183. The molecule has 19 heavy (non-hydrogen) atoms. The van der Waals surface area contributed by atoms with Crippen LogP contribution in [-0.2, 0) is 6.54 Å². The van der Waals surface area contributed by atoms with Crippen LogP contribution >= 0.6 is 0 Å². The maximum atomic E-state index is 11.3. The number of nitrogens with two attached hydrogens (primary N) is 2. The van der Waals surface area contributed by atoms with Crippen LogP contribution in [-0.4, -0.2) is 22.1 Å². The van der Waals surface area contributed by atoms with E-state index in [9.17, 15) is 4.79 Å². The van der Waals surface area contributed by atoms with Crippen LogP contribution < -0.4 is 16.2 Å². The van der Waals surface area contributed by atoms with E-state index in [1.165, 1.54) is 0 Å². The third-order valence-corrected chi connectivity index (χ3v) is 2.68. The highest BCUT2D eigenvalue weighted by Crippen LogP contribution is 2.26. The molecule has 2 aromatic rings. The number of carbonyl (C=O) groups excluding carboxylic acids is 1. The van der Waals surface area contributed by atoms with E-state index < -0.39 is 5.91 Å². The number of imidazole rings is 1. The summed E-state index contributed by atoms with van der Waals surface area (Å²) < 4.78 is 7.52. The molecule has 0 radical (unpaired) electrons. The van der Waals surface area contributed by atoms with Gasteiger partial charge < -0.3 is 20.8 Å². The van der Waals surface area contributed by atoms with E-state index >= 15 is 0 Å². The van der Waals surface area contributed by atoms with Crippen molar-refractivity contribution in [2.24, 2.45) is 5.73 Å². The number of benzene rings is 1. The zero-order valence-electron chi connectivity index (χ0n) is 10.5. The molecule has 0 aliphatic heterocycles. The fraction of sp³-hybridized carbons (Fsp3) is 0.231. The molecule has 0 saturated carbocycles. The molecule has 0 unspecified atom stereocenters. The van der Waals surface area contributed by atoms with Crippen molar-refractivity contribution in [3.05, 3.63) is 42.5 Å².